The molecule has 0 spiro atoms. The number of thiazole rings is 1. The third-order valence-corrected chi connectivity index (χ3v) is 8.76. The van der Waals surface area contributed by atoms with Gasteiger partial charge >= 0.3 is 0 Å². The molecule has 0 radical (unpaired) electrons. The van der Waals surface area contributed by atoms with Crippen LogP contribution in [0.4, 0.5) is 0 Å². The van der Waals surface area contributed by atoms with Gasteiger partial charge in [0.2, 0.25) is 0 Å². The van der Waals surface area contributed by atoms with Gasteiger partial charge in [-0.3, -0.25) is 14.2 Å². The van der Waals surface area contributed by atoms with Gasteiger partial charge in [0.05, 0.1) is 30.0 Å². The van der Waals surface area contributed by atoms with Crippen molar-refractivity contribution in [1.82, 2.24) is 9.47 Å². The fourth-order valence-electron chi connectivity index (χ4n) is 5.25. The number of hydrogen-bond donors (Lipinski definition) is 0. The standard InChI is InChI=1S/C34H34ClN3O5S/c1-6-37(7-2)33(40)30-21(3)36-34-38(31(30)25-10-8-9-11-26(25)41-4)32(39)29(44-34)19-23-14-17-27(28(18-23)42-5)43-20-22-12-15-24(35)16-13-22/h8-19,31H,6-7,20H2,1-5H3/b29-19+/t31-/m0/s1. The number of rotatable bonds is 10. The highest BCUT2D eigenvalue weighted by Gasteiger charge is 2.35. The number of methoxy groups -OCH3 is 2. The molecule has 4 aromatic rings. The summed E-state index contributed by atoms with van der Waals surface area (Å²) in [6, 6.07) is 19.7. The summed E-state index contributed by atoms with van der Waals surface area (Å²) in [5.74, 6) is 1.55. The molecular weight excluding hydrogens is 598 g/mol. The van der Waals surface area contributed by atoms with Gasteiger partial charge < -0.3 is 19.1 Å². The first-order valence-corrected chi connectivity index (χ1v) is 15.5. The summed E-state index contributed by atoms with van der Waals surface area (Å²) in [6.45, 7) is 7.12. The topological polar surface area (TPSA) is 82.4 Å². The van der Waals surface area contributed by atoms with E-state index >= 15 is 0 Å². The van der Waals surface area contributed by atoms with E-state index in [1.165, 1.54) is 11.3 Å². The third-order valence-electron chi connectivity index (χ3n) is 7.53. The Morgan fingerprint density at radius 1 is 1.00 bits per heavy atom. The lowest BCUT2D eigenvalue weighted by molar-refractivity contribution is -0.127. The maximum absolute atomic E-state index is 14.1. The van der Waals surface area contributed by atoms with Crippen LogP contribution in [0, 0.1) is 0 Å². The van der Waals surface area contributed by atoms with E-state index in [1.54, 1.807) is 29.8 Å². The lowest BCUT2D eigenvalue weighted by Crippen LogP contribution is -2.43. The van der Waals surface area contributed by atoms with E-state index in [2.05, 4.69) is 0 Å². The van der Waals surface area contributed by atoms with Crippen LogP contribution in [-0.4, -0.2) is 42.7 Å². The van der Waals surface area contributed by atoms with E-state index in [1.807, 2.05) is 87.5 Å². The van der Waals surface area contributed by atoms with Gasteiger partial charge in [0.1, 0.15) is 18.4 Å². The highest BCUT2D eigenvalue weighted by atomic mass is 35.5. The van der Waals surface area contributed by atoms with Crippen molar-refractivity contribution in [3.05, 3.63) is 119 Å². The smallest absolute Gasteiger partial charge is 0.271 e. The molecule has 0 saturated heterocycles. The van der Waals surface area contributed by atoms with Crippen LogP contribution in [0.5, 0.6) is 17.2 Å². The number of ether oxygens (including phenoxy) is 3. The van der Waals surface area contributed by atoms with Crippen molar-refractivity contribution in [3.63, 3.8) is 0 Å². The second kappa shape index (κ2) is 13.5. The van der Waals surface area contributed by atoms with Crippen molar-refractivity contribution < 1.29 is 19.0 Å². The predicted molar refractivity (Wildman–Crippen MR) is 173 cm³/mol. The molecule has 228 valence electrons. The highest BCUT2D eigenvalue weighted by Crippen LogP contribution is 2.36. The fraction of sp³-hybridized carbons (Fsp3) is 0.265. The number of carbonyl (C=O) groups excluding carboxylic acids is 1. The molecule has 10 heteroatoms. The number of para-hydroxylation sites is 1. The highest BCUT2D eigenvalue weighted by molar-refractivity contribution is 7.07. The quantitative estimate of drug-likeness (QED) is 0.236. The van der Waals surface area contributed by atoms with Crippen LogP contribution in [-0.2, 0) is 11.4 Å². The summed E-state index contributed by atoms with van der Waals surface area (Å²) in [7, 11) is 3.16. The van der Waals surface area contributed by atoms with Crippen molar-refractivity contribution in [1.29, 1.82) is 0 Å². The minimum atomic E-state index is -0.698. The van der Waals surface area contributed by atoms with Crippen LogP contribution >= 0.6 is 22.9 Å². The van der Waals surface area contributed by atoms with E-state index in [4.69, 9.17) is 30.8 Å². The number of fused-ring (bicyclic) bond motifs is 1. The van der Waals surface area contributed by atoms with Crippen LogP contribution in [0.2, 0.25) is 5.02 Å². The number of carbonyl (C=O) groups is 1. The Hall–Kier alpha value is -4.34. The number of allylic oxidation sites excluding steroid dienone is 1. The van der Waals surface area contributed by atoms with Gasteiger partial charge in [-0.1, -0.05) is 59.3 Å². The Morgan fingerprint density at radius 2 is 1.70 bits per heavy atom. The Balaban J connectivity index is 1.58. The Labute approximate surface area is 265 Å². The van der Waals surface area contributed by atoms with Gasteiger partial charge in [0.25, 0.3) is 11.5 Å². The van der Waals surface area contributed by atoms with Crippen molar-refractivity contribution in [2.24, 2.45) is 4.99 Å². The number of nitrogens with zero attached hydrogens (tertiary/aromatic N) is 3. The number of halogens is 1. The van der Waals surface area contributed by atoms with Crippen LogP contribution in [0.15, 0.2) is 87.8 Å². The molecule has 8 nitrogen and oxygen atoms in total. The SMILES string of the molecule is CCN(CC)C(=O)C1=C(C)N=c2s/c(=C/c3ccc(OCc4ccc(Cl)cc4)c(OC)c3)c(=O)n2[C@H]1c1ccccc1OC. The monoisotopic (exact) mass is 631 g/mol. The second-order valence-electron chi connectivity index (χ2n) is 10.1. The van der Waals surface area contributed by atoms with E-state index in [0.717, 1.165) is 16.7 Å². The van der Waals surface area contributed by atoms with Crippen LogP contribution < -0.4 is 29.1 Å². The summed E-state index contributed by atoms with van der Waals surface area (Å²) in [6.07, 6.45) is 1.81. The molecule has 0 fully saturated rings. The average molecular weight is 632 g/mol. The minimum absolute atomic E-state index is 0.152. The van der Waals surface area contributed by atoms with Crippen molar-refractivity contribution in [2.75, 3.05) is 27.3 Å². The molecule has 1 atom stereocenters. The van der Waals surface area contributed by atoms with Crippen LogP contribution in [0.25, 0.3) is 6.08 Å². The number of aromatic nitrogens is 1. The zero-order chi connectivity index (χ0) is 31.4. The minimum Gasteiger partial charge on any atom is -0.496 e. The molecule has 1 aliphatic heterocycles. The zero-order valence-corrected chi connectivity index (χ0v) is 26.9. The van der Waals surface area contributed by atoms with E-state index < -0.39 is 6.04 Å². The number of benzene rings is 3. The molecule has 1 aliphatic rings. The normalized spacial score (nSPS) is 14.6. The van der Waals surface area contributed by atoms with Crippen molar-refractivity contribution in [3.8, 4) is 17.2 Å². The average Bonchev–Trinajstić information content (AvgIpc) is 3.34. The molecule has 1 amide bonds. The summed E-state index contributed by atoms with van der Waals surface area (Å²) in [5.41, 5.74) is 3.24. The van der Waals surface area contributed by atoms with Gasteiger partial charge in [0, 0.05) is 23.7 Å². The maximum atomic E-state index is 14.1. The fourth-order valence-corrected chi connectivity index (χ4v) is 6.42. The lowest BCUT2D eigenvalue weighted by atomic mass is 9.94. The Bertz CT molecular complexity index is 1890. The number of hydrogen-bond acceptors (Lipinski definition) is 7. The van der Waals surface area contributed by atoms with E-state index in [9.17, 15) is 9.59 Å². The summed E-state index contributed by atoms with van der Waals surface area (Å²) in [4.78, 5) is 35.0. The van der Waals surface area contributed by atoms with Crippen LogP contribution in [0.3, 0.4) is 0 Å². The first kappa shape index (κ1) is 31.1. The Kier molecular flexibility index (Phi) is 9.56. The number of amides is 1. The molecule has 0 N–H and O–H groups in total. The van der Waals surface area contributed by atoms with E-state index in [-0.39, 0.29) is 11.5 Å². The van der Waals surface area contributed by atoms with Gasteiger partial charge in [-0.25, -0.2) is 4.99 Å². The van der Waals surface area contributed by atoms with Gasteiger partial charge in [-0.2, -0.15) is 0 Å². The molecule has 0 saturated carbocycles. The number of likely N-dealkylation sites (N-methyl/N-ethyl adjacent to an activating group) is 1. The molecule has 0 aliphatic carbocycles. The lowest BCUT2D eigenvalue weighted by Gasteiger charge is -2.29. The zero-order valence-electron chi connectivity index (χ0n) is 25.3. The molecular formula is C34H34ClN3O5S. The van der Waals surface area contributed by atoms with Crippen LogP contribution in [0.1, 0.15) is 43.5 Å². The first-order valence-electron chi connectivity index (χ1n) is 14.3. The summed E-state index contributed by atoms with van der Waals surface area (Å²) >= 11 is 7.27. The van der Waals surface area contributed by atoms with Gasteiger partial charge in [-0.15, -0.1) is 0 Å². The van der Waals surface area contributed by atoms with Gasteiger partial charge in [0.15, 0.2) is 16.3 Å². The maximum Gasteiger partial charge on any atom is 0.271 e. The van der Waals surface area contributed by atoms with Crippen molar-refractivity contribution in [2.45, 2.75) is 33.4 Å². The molecule has 2 heterocycles. The summed E-state index contributed by atoms with van der Waals surface area (Å²) < 4.78 is 19.4. The second-order valence-corrected chi connectivity index (χ2v) is 11.6. The molecule has 0 unspecified atom stereocenters. The first-order chi connectivity index (χ1) is 21.3. The molecule has 3 aromatic carbocycles. The molecule has 44 heavy (non-hydrogen) atoms. The third kappa shape index (κ3) is 6.16. The molecule has 0 bridgehead atoms. The van der Waals surface area contributed by atoms with Crippen molar-refractivity contribution >= 4 is 34.9 Å². The molecule has 1 aromatic heterocycles. The Morgan fingerprint density at radius 3 is 2.39 bits per heavy atom. The largest absolute Gasteiger partial charge is 0.496 e. The van der Waals surface area contributed by atoms with E-state index in [0.29, 0.717) is 62.6 Å². The van der Waals surface area contributed by atoms with Gasteiger partial charge in [-0.05, 0) is 68.3 Å². The summed E-state index contributed by atoms with van der Waals surface area (Å²) in [5, 5.41) is 0.664. The molecule has 5 rings (SSSR count). The predicted octanol–water partition coefficient (Wildman–Crippen LogP) is 5.35.